The van der Waals surface area contributed by atoms with Crippen LogP contribution in [0.1, 0.15) is 91.9 Å². The highest BCUT2D eigenvalue weighted by atomic mass is 16.8. The van der Waals surface area contributed by atoms with Crippen LogP contribution in [0, 0.1) is 52.3 Å². The molecule has 2 heterocycles. The molecule has 4 heteroatoms. The van der Waals surface area contributed by atoms with Gasteiger partial charge in [-0.05, 0) is 91.8 Å². The van der Waals surface area contributed by atoms with E-state index < -0.39 is 11.6 Å². The predicted octanol–water partition coefficient (Wildman–Crippen LogP) is 5.77. The molecule has 6 aliphatic rings. The standard InChI is InChI=1S/C28H46O4/c1-17-8-13-27(31-16-17)18(2)24-26(4)12-10-22-21(23(26)15-28(24,30-5)32-27)7-6-19-14-20(29)9-11-25(19,22)3/h17-24,29H,6-16H2,1-5H3/t17-,18+,19+,20+,21-,22+,23+,24-,25+,26+,27-,28+/m1/s1. The van der Waals surface area contributed by atoms with E-state index in [1.807, 2.05) is 7.11 Å². The average Bonchev–Trinajstić information content (AvgIpc) is 3.17. The van der Waals surface area contributed by atoms with Crippen molar-refractivity contribution in [1.82, 2.24) is 0 Å². The molecule has 0 radical (unpaired) electrons. The molecule has 0 aromatic carbocycles. The second-order valence-electron chi connectivity index (χ2n) is 13.5. The van der Waals surface area contributed by atoms with Crippen LogP contribution >= 0.6 is 0 Å². The molecule has 2 aliphatic heterocycles. The summed E-state index contributed by atoms with van der Waals surface area (Å²) in [6.07, 6.45) is 11.7. The maximum Gasteiger partial charge on any atom is 0.175 e. The van der Waals surface area contributed by atoms with E-state index in [2.05, 4.69) is 27.7 Å². The number of aliphatic hydroxyl groups is 1. The van der Waals surface area contributed by atoms with Gasteiger partial charge >= 0.3 is 0 Å². The van der Waals surface area contributed by atoms with Crippen LogP contribution in [0.5, 0.6) is 0 Å². The summed E-state index contributed by atoms with van der Waals surface area (Å²) in [4.78, 5) is 0. The third kappa shape index (κ3) is 2.76. The van der Waals surface area contributed by atoms with Crippen LogP contribution in [0.4, 0.5) is 0 Å². The Balaban J connectivity index is 1.32. The van der Waals surface area contributed by atoms with Gasteiger partial charge in [-0.15, -0.1) is 0 Å². The summed E-state index contributed by atoms with van der Waals surface area (Å²) in [5, 5.41) is 10.3. The van der Waals surface area contributed by atoms with E-state index in [-0.39, 0.29) is 11.5 Å². The molecule has 0 aromatic heterocycles. The molecule has 0 unspecified atom stereocenters. The van der Waals surface area contributed by atoms with Gasteiger partial charge < -0.3 is 19.3 Å². The summed E-state index contributed by atoms with van der Waals surface area (Å²) < 4.78 is 19.9. The molecule has 1 N–H and O–H groups in total. The zero-order valence-electron chi connectivity index (χ0n) is 21.1. The number of aliphatic hydroxyl groups excluding tert-OH is 1. The van der Waals surface area contributed by atoms with E-state index in [1.165, 1.54) is 38.5 Å². The minimum absolute atomic E-state index is 0.0651. The smallest absolute Gasteiger partial charge is 0.175 e. The van der Waals surface area contributed by atoms with Crippen molar-refractivity contribution in [2.24, 2.45) is 52.3 Å². The van der Waals surface area contributed by atoms with Crippen LogP contribution in [0.15, 0.2) is 0 Å². The molecular formula is C28H46O4. The lowest BCUT2D eigenvalue weighted by atomic mass is 9.44. The summed E-state index contributed by atoms with van der Waals surface area (Å²) >= 11 is 0. The zero-order chi connectivity index (χ0) is 22.5. The first-order valence-corrected chi connectivity index (χ1v) is 13.7. The first kappa shape index (κ1) is 22.3. The lowest BCUT2D eigenvalue weighted by Gasteiger charge is -2.61. The van der Waals surface area contributed by atoms with Crippen LogP contribution in [0.2, 0.25) is 0 Å². The van der Waals surface area contributed by atoms with Gasteiger partial charge in [-0.25, -0.2) is 0 Å². The van der Waals surface area contributed by atoms with E-state index >= 15 is 0 Å². The Hall–Kier alpha value is -0.160. The molecule has 0 amide bonds. The van der Waals surface area contributed by atoms with Crippen molar-refractivity contribution < 1.29 is 19.3 Å². The molecule has 6 rings (SSSR count). The van der Waals surface area contributed by atoms with Gasteiger partial charge in [0.1, 0.15) is 0 Å². The van der Waals surface area contributed by atoms with Crippen molar-refractivity contribution in [3.63, 3.8) is 0 Å². The van der Waals surface area contributed by atoms with Gasteiger partial charge in [-0.1, -0.05) is 27.7 Å². The first-order valence-electron chi connectivity index (χ1n) is 13.7. The topological polar surface area (TPSA) is 47.9 Å². The largest absolute Gasteiger partial charge is 0.393 e. The average molecular weight is 447 g/mol. The second kappa shape index (κ2) is 7.18. The maximum atomic E-state index is 10.3. The zero-order valence-corrected chi connectivity index (χ0v) is 21.1. The van der Waals surface area contributed by atoms with Gasteiger partial charge in [0.25, 0.3) is 0 Å². The lowest BCUT2D eigenvalue weighted by Crippen LogP contribution is -2.55. The Morgan fingerprint density at radius 3 is 2.41 bits per heavy atom. The molecule has 2 saturated heterocycles. The SMILES string of the molecule is CO[C@]12C[C@H]3[C@@H]4CC[C@H]5C[C@@H](O)CC[C@]5(C)[C@H]4CC[C@]3(C)[C@H]1[C@H](C)[C@@]1(CC[C@@H](C)CO1)O2. The van der Waals surface area contributed by atoms with Crippen molar-refractivity contribution in [2.75, 3.05) is 13.7 Å². The molecule has 1 spiro atoms. The van der Waals surface area contributed by atoms with E-state index in [0.29, 0.717) is 35.0 Å². The van der Waals surface area contributed by atoms with Crippen LogP contribution in [0.25, 0.3) is 0 Å². The molecule has 6 fully saturated rings. The highest BCUT2D eigenvalue weighted by molar-refractivity contribution is 5.18. The van der Waals surface area contributed by atoms with Crippen molar-refractivity contribution >= 4 is 0 Å². The minimum Gasteiger partial charge on any atom is -0.393 e. The summed E-state index contributed by atoms with van der Waals surface area (Å²) in [5.41, 5.74) is 0.682. The quantitative estimate of drug-likeness (QED) is 0.556. The van der Waals surface area contributed by atoms with Crippen molar-refractivity contribution in [1.29, 1.82) is 0 Å². The van der Waals surface area contributed by atoms with Gasteiger partial charge in [-0.2, -0.15) is 0 Å². The van der Waals surface area contributed by atoms with Crippen LogP contribution < -0.4 is 0 Å². The molecule has 4 saturated carbocycles. The van der Waals surface area contributed by atoms with Gasteiger partial charge in [0, 0.05) is 31.8 Å². The Kier molecular flexibility index (Phi) is 5.01. The fourth-order valence-electron chi connectivity index (χ4n) is 10.6. The Morgan fingerprint density at radius 2 is 1.69 bits per heavy atom. The summed E-state index contributed by atoms with van der Waals surface area (Å²) in [7, 11) is 1.89. The fourth-order valence-corrected chi connectivity index (χ4v) is 10.6. The molecular weight excluding hydrogens is 400 g/mol. The first-order chi connectivity index (χ1) is 15.2. The molecule has 4 aliphatic carbocycles. The third-order valence-corrected chi connectivity index (χ3v) is 12.2. The van der Waals surface area contributed by atoms with E-state index in [9.17, 15) is 5.11 Å². The Bertz CT molecular complexity index is 746. The molecule has 0 aromatic rings. The Morgan fingerprint density at radius 1 is 0.906 bits per heavy atom. The Labute approximate surface area is 195 Å². The molecule has 4 nitrogen and oxygen atoms in total. The van der Waals surface area contributed by atoms with Gasteiger partial charge in [0.2, 0.25) is 0 Å². The number of hydrogen-bond acceptors (Lipinski definition) is 4. The predicted molar refractivity (Wildman–Crippen MR) is 124 cm³/mol. The number of ether oxygens (including phenoxy) is 3. The number of rotatable bonds is 1. The fraction of sp³-hybridized carbons (Fsp3) is 1.00. The van der Waals surface area contributed by atoms with Gasteiger partial charge in [-0.3, -0.25) is 0 Å². The highest BCUT2D eigenvalue weighted by Gasteiger charge is 2.75. The summed E-state index contributed by atoms with van der Waals surface area (Å²) in [5.74, 6) is 3.46. The summed E-state index contributed by atoms with van der Waals surface area (Å²) in [6, 6.07) is 0. The summed E-state index contributed by atoms with van der Waals surface area (Å²) in [6.45, 7) is 10.7. The van der Waals surface area contributed by atoms with Crippen LogP contribution in [0.3, 0.4) is 0 Å². The minimum atomic E-state index is -0.477. The van der Waals surface area contributed by atoms with Crippen LogP contribution in [-0.4, -0.2) is 36.5 Å². The molecule has 0 bridgehead atoms. The number of methoxy groups -OCH3 is 1. The maximum absolute atomic E-state index is 10.3. The monoisotopic (exact) mass is 446 g/mol. The molecule has 32 heavy (non-hydrogen) atoms. The third-order valence-electron chi connectivity index (χ3n) is 12.2. The van der Waals surface area contributed by atoms with E-state index in [4.69, 9.17) is 14.2 Å². The van der Waals surface area contributed by atoms with E-state index in [0.717, 1.165) is 44.1 Å². The van der Waals surface area contributed by atoms with Crippen molar-refractivity contribution in [3.05, 3.63) is 0 Å². The van der Waals surface area contributed by atoms with Crippen LogP contribution in [-0.2, 0) is 14.2 Å². The van der Waals surface area contributed by atoms with E-state index in [1.54, 1.807) is 0 Å². The molecule has 182 valence electrons. The number of hydrogen-bond donors (Lipinski definition) is 1. The van der Waals surface area contributed by atoms with Gasteiger partial charge in [0.05, 0.1) is 12.7 Å². The van der Waals surface area contributed by atoms with Crippen molar-refractivity contribution in [3.8, 4) is 0 Å². The normalized spacial score (nSPS) is 61.7. The van der Waals surface area contributed by atoms with Gasteiger partial charge in [0.15, 0.2) is 11.6 Å². The van der Waals surface area contributed by atoms with Crippen molar-refractivity contribution in [2.45, 2.75) is 110 Å². The molecule has 12 atom stereocenters. The lowest BCUT2D eigenvalue weighted by molar-refractivity contribution is -0.337. The number of fused-ring (bicyclic) bond motifs is 7. The highest BCUT2D eigenvalue weighted by Crippen LogP contribution is 2.74. The second-order valence-corrected chi connectivity index (χ2v) is 13.5.